The van der Waals surface area contributed by atoms with Gasteiger partial charge in [0, 0.05) is 24.3 Å². The maximum absolute atomic E-state index is 11.3. The third-order valence-corrected chi connectivity index (χ3v) is 2.10. The summed E-state index contributed by atoms with van der Waals surface area (Å²) >= 11 is 3.32. The van der Waals surface area contributed by atoms with Crippen LogP contribution in [0.4, 0.5) is 0 Å². The lowest BCUT2D eigenvalue weighted by Crippen LogP contribution is -2.21. The van der Waals surface area contributed by atoms with Crippen molar-refractivity contribution >= 4 is 21.8 Å². The summed E-state index contributed by atoms with van der Waals surface area (Å²) in [6.07, 6.45) is 1.89. The largest absolute Gasteiger partial charge is 0.354 e. The van der Waals surface area contributed by atoms with E-state index in [0.29, 0.717) is 5.69 Å². The normalized spacial score (nSPS) is 9.92. The molecule has 12 heavy (non-hydrogen) atoms. The van der Waals surface area contributed by atoms with Gasteiger partial charge in [0.2, 0.25) is 0 Å². The lowest BCUT2D eigenvalue weighted by atomic mass is 10.4. The molecule has 1 heterocycles. The molecular weight excluding hydrogens is 220 g/mol. The van der Waals surface area contributed by atoms with Crippen LogP contribution in [0.15, 0.2) is 16.7 Å². The molecule has 1 N–H and O–H groups in total. The van der Waals surface area contributed by atoms with E-state index in [4.69, 9.17) is 0 Å². The number of hydrogen-bond donors (Lipinski definition) is 1. The highest BCUT2D eigenvalue weighted by atomic mass is 79.9. The van der Waals surface area contributed by atoms with Gasteiger partial charge in [-0.25, -0.2) is 0 Å². The van der Waals surface area contributed by atoms with Gasteiger partial charge in [-0.05, 0) is 28.9 Å². The lowest BCUT2D eigenvalue weighted by Gasteiger charge is -2.03. The van der Waals surface area contributed by atoms with E-state index in [1.54, 1.807) is 7.05 Å². The minimum atomic E-state index is -0.0532. The van der Waals surface area contributed by atoms with E-state index in [-0.39, 0.29) is 5.91 Å². The van der Waals surface area contributed by atoms with E-state index in [1.165, 1.54) is 0 Å². The molecule has 0 fully saturated rings. The average molecular weight is 231 g/mol. The van der Waals surface area contributed by atoms with Crippen molar-refractivity contribution in [3.63, 3.8) is 0 Å². The fraction of sp³-hybridized carbons (Fsp3) is 0.375. The second kappa shape index (κ2) is 3.76. The zero-order chi connectivity index (χ0) is 9.14. The summed E-state index contributed by atoms with van der Waals surface area (Å²) in [5, 5.41) is 2.59. The van der Waals surface area contributed by atoms with Crippen LogP contribution in [0.5, 0.6) is 0 Å². The number of aryl methyl sites for hydroxylation is 1. The van der Waals surface area contributed by atoms with Gasteiger partial charge in [-0.3, -0.25) is 4.79 Å². The monoisotopic (exact) mass is 230 g/mol. The molecule has 66 valence electrons. The molecule has 1 amide bonds. The van der Waals surface area contributed by atoms with Crippen LogP contribution in [-0.4, -0.2) is 17.5 Å². The van der Waals surface area contributed by atoms with Crippen LogP contribution in [-0.2, 0) is 6.54 Å². The van der Waals surface area contributed by atoms with Crippen LogP contribution >= 0.6 is 15.9 Å². The predicted octanol–water partition coefficient (Wildman–Crippen LogP) is 1.63. The summed E-state index contributed by atoms with van der Waals surface area (Å²) in [6, 6.07) is 1.81. The van der Waals surface area contributed by atoms with E-state index < -0.39 is 0 Å². The molecule has 4 heteroatoms. The zero-order valence-corrected chi connectivity index (χ0v) is 8.68. The number of nitrogens with zero attached hydrogens (tertiary/aromatic N) is 1. The molecule has 0 atom stereocenters. The van der Waals surface area contributed by atoms with Crippen molar-refractivity contribution in [1.82, 2.24) is 9.88 Å². The van der Waals surface area contributed by atoms with E-state index in [2.05, 4.69) is 21.2 Å². The quantitative estimate of drug-likeness (QED) is 0.824. The summed E-state index contributed by atoms with van der Waals surface area (Å²) in [4.78, 5) is 11.3. The van der Waals surface area contributed by atoms with Crippen molar-refractivity contribution in [2.24, 2.45) is 0 Å². The number of amides is 1. The van der Waals surface area contributed by atoms with Gasteiger partial charge >= 0.3 is 0 Å². The molecule has 0 aromatic carbocycles. The Morgan fingerprint density at radius 3 is 2.92 bits per heavy atom. The van der Waals surface area contributed by atoms with Crippen LogP contribution in [0.25, 0.3) is 0 Å². The Balaban J connectivity index is 3.04. The zero-order valence-electron chi connectivity index (χ0n) is 7.10. The minimum Gasteiger partial charge on any atom is -0.354 e. The van der Waals surface area contributed by atoms with Gasteiger partial charge in [0.15, 0.2) is 0 Å². The molecule has 0 unspecified atom stereocenters. The first kappa shape index (κ1) is 9.32. The van der Waals surface area contributed by atoms with Crippen LogP contribution < -0.4 is 5.32 Å². The molecule has 0 spiro atoms. The Morgan fingerprint density at radius 1 is 1.75 bits per heavy atom. The van der Waals surface area contributed by atoms with Crippen molar-refractivity contribution in [2.75, 3.05) is 7.05 Å². The second-order valence-corrected chi connectivity index (χ2v) is 3.32. The highest BCUT2D eigenvalue weighted by Gasteiger charge is 2.09. The maximum atomic E-state index is 11.3. The number of hydrogen-bond acceptors (Lipinski definition) is 1. The SMILES string of the molecule is CCn1cc(Br)cc1C(=O)NC. The number of carbonyl (C=O) groups excluding carboxylic acids is 1. The number of aromatic nitrogens is 1. The molecule has 0 aliphatic rings. The molecule has 0 bridgehead atoms. The van der Waals surface area contributed by atoms with E-state index in [0.717, 1.165) is 11.0 Å². The van der Waals surface area contributed by atoms with Crippen LogP contribution in [0.1, 0.15) is 17.4 Å². The van der Waals surface area contributed by atoms with Gasteiger partial charge in [-0.2, -0.15) is 0 Å². The smallest absolute Gasteiger partial charge is 0.267 e. The molecule has 0 saturated heterocycles. The van der Waals surface area contributed by atoms with Gasteiger partial charge in [-0.1, -0.05) is 0 Å². The third kappa shape index (κ3) is 1.69. The van der Waals surface area contributed by atoms with Crippen molar-refractivity contribution in [2.45, 2.75) is 13.5 Å². The van der Waals surface area contributed by atoms with Gasteiger partial charge < -0.3 is 9.88 Å². The van der Waals surface area contributed by atoms with Crippen LogP contribution in [0, 0.1) is 0 Å². The summed E-state index contributed by atoms with van der Waals surface area (Å²) in [5.41, 5.74) is 0.687. The Kier molecular flexibility index (Phi) is 2.92. The molecule has 0 radical (unpaired) electrons. The lowest BCUT2D eigenvalue weighted by molar-refractivity contribution is 0.0954. The Labute approximate surface area is 79.9 Å². The van der Waals surface area contributed by atoms with Gasteiger partial charge in [-0.15, -0.1) is 0 Å². The van der Waals surface area contributed by atoms with Crippen molar-refractivity contribution in [3.8, 4) is 0 Å². The summed E-state index contributed by atoms with van der Waals surface area (Å²) < 4.78 is 2.83. The molecule has 3 nitrogen and oxygen atoms in total. The first-order chi connectivity index (χ1) is 5.69. The third-order valence-electron chi connectivity index (χ3n) is 1.66. The number of carbonyl (C=O) groups is 1. The molecule has 1 rings (SSSR count). The fourth-order valence-electron chi connectivity index (χ4n) is 1.05. The minimum absolute atomic E-state index is 0.0532. The van der Waals surface area contributed by atoms with Crippen molar-refractivity contribution in [1.29, 1.82) is 0 Å². The highest BCUT2D eigenvalue weighted by molar-refractivity contribution is 9.10. The summed E-state index contributed by atoms with van der Waals surface area (Å²) in [6.45, 7) is 2.80. The molecular formula is C8H11BrN2O. The average Bonchev–Trinajstić information content (AvgIpc) is 2.45. The Morgan fingerprint density at radius 2 is 2.42 bits per heavy atom. The fourth-order valence-corrected chi connectivity index (χ4v) is 1.52. The maximum Gasteiger partial charge on any atom is 0.267 e. The van der Waals surface area contributed by atoms with Gasteiger partial charge in [0.25, 0.3) is 5.91 Å². The number of rotatable bonds is 2. The van der Waals surface area contributed by atoms with Crippen LogP contribution in [0.2, 0.25) is 0 Å². The standard InChI is InChI=1S/C8H11BrN2O/c1-3-11-5-6(9)4-7(11)8(12)10-2/h4-5H,3H2,1-2H3,(H,10,12). The second-order valence-electron chi connectivity index (χ2n) is 2.41. The molecule has 1 aromatic rings. The molecule has 0 aliphatic heterocycles. The Bertz CT molecular complexity index is 293. The van der Waals surface area contributed by atoms with E-state index in [1.807, 2.05) is 23.8 Å². The molecule has 1 aromatic heterocycles. The topological polar surface area (TPSA) is 34.0 Å². The van der Waals surface area contributed by atoms with E-state index >= 15 is 0 Å². The summed E-state index contributed by atoms with van der Waals surface area (Å²) in [7, 11) is 1.63. The summed E-state index contributed by atoms with van der Waals surface area (Å²) in [5.74, 6) is -0.0532. The van der Waals surface area contributed by atoms with Crippen molar-refractivity contribution in [3.05, 3.63) is 22.4 Å². The first-order valence-electron chi connectivity index (χ1n) is 3.76. The van der Waals surface area contributed by atoms with Crippen LogP contribution in [0.3, 0.4) is 0 Å². The molecule has 0 aliphatic carbocycles. The number of halogens is 1. The van der Waals surface area contributed by atoms with E-state index in [9.17, 15) is 4.79 Å². The Hall–Kier alpha value is -0.770. The predicted molar refractivity (Wildman–Crippen MR) is 51.2 cm³/mol. The number of nitrogens with one attached hydrogen (secondary N) is 1. The van der Waals surface area contributed by atoms with Gasteiger partial charge in [0.1, 0.15) is 5.69 Å². The first-order valence-corrected chi connectivity index (χ1v) is 4.56. The van der Waals surface area contributed by atoms with Crippen molar-refractivity contribution < 1.29 is 4.79 Å². The highest BCUT2D eigenvalue weighted by Crippen LogP contribution is 2.14. The van der Waals surface area contributed by atoms with Gasteiger partial charge in [0.05, 0.1) is 0 Å². The molecule has 0 saturated carbocycles.